The molecule has 1 aliphatic carbocycles. The van der Waals surface area contributed by atoms with Gasteiger partial charge >= 0.3 is 5.69 Å². The fourth-order valence-electron chi connectivity index (χ4n) is 3.77. The number of rotatable bonds is 4. The van der Waals surface area contributed by atoms with Gasteiger partial charge in [0.1, 0.15) is 11.5 Å². The molecule has 0 spiro atoms. The van der Waals surface area contributed by atoms with Crippen molar-refractivity contribution in [1.29, 1.82) is 0 Å². The van der Waals surface area contributed by atoms with Crippen LogP contribution in [-0.2, 0) is 14.1 Å². The highest BCUT2D eigenvalue weighted by Crippen LogP contribution is 2.30. The van der Waals surface area contributed by atoms with E-state index in [1.165, 1.54) is 17.2 Å². The van der Waals surface area contributed by atoms with Crippen molar-refractivity contribution in [3.63, 3.8) is 0 Å². The van der Waals surface area contributed by atoms with Crippen molar-refractivity contribution in [1.82, 2.24) is 14.5 Å². The summed E-state index contributed by atoms with van der Waals surface area (Å²) in [5.74, 6) is 0.558. The van der Waals surface area contributed by atoms with Crippen molar-refractivity contribution in [2.24, 2.45) is 19.8 Å². The van der Waals surface area contributed by atoms with Crippen molar-refractivity contribution in [3.8, 4) is 0 Å². The minimum Gasteiger partial charge on any atom is -0.337 e. The second-order valence-electron chi connectivity index (χ2n) is 7.61. The maximum Gasteiger partial charge on any atom is 0.332 e. The van der Waals surface area contributed by atoms with Gasteiger partial charge in [0.25, 0.3) is 5.56 Å². The van der Waals surface area contributed by atoms with Crippen LogP contribution >= 0.6 is 12.4 Å². The van der Waals surface area contributed by atoms with Gasteiger partial charge in [-0.15, -0.1) is 12.4 Å². The molecule has 1 unspecified atom stereocenters. The van der Waals surface area contributed by atoms with E-state index in [1.54, 1.807) is 7.05 Å². The lowest BCUT2D eigenvalue weighted by atomic mass is 9.91. The number of fused-ring (bicyclic) bond motifs is 1. The van der Waals surface area contributed by atoms with Crippen LogP contribution in [-0.4, -0.2) is 34.1 Å². The molecule has 0 radical (unpaired) electrons. The van der Waals surface area contributed by atoms with Gasteiger partial charge in [0.2, 0.25) is 0 Å². The molecule has 8 nitrogen and oxygen atoms in total. The third-order valence-electron chi connectivity index (χ3n) is 5.40. The number of halogens is 1. The van der Waals surface area contributed by atoms with Crippen LogP contribution in [0, 0.1) is 0 Å². The monoisotopic (exact) mass is 398 g/mol. The fraction of sp³-hybridized carbons (Fsp3) is 0.667. The Kier molecular flexibility index (Phi) is 6.77. The second-order valence-corrected chi connectivity index (χ2v) is 7.61. The van der Waals surface area contributed by atoms with Gasteiger partial charge in [-0.2, -0.15) is 0 Å². The summed E-state index contributed by atoms with van der Waals surface area (Å²) in [5.41, 5.74) is 7.38. The summed E-state index contributed by atoms with van der Waals surface area (Å²) in [6.07, 6.45) is 6.15. The van der Waals surface area contributed by atoms with Crippen LogP contribution in [0.5, 0.6) is 0 Å². The number of nitrogens with two attached hydrogens (primary N) is 1. The van der Waals surface area contributed by atoms with Crippen LogP contribution in [0.3, 0.4) is 0 Å². The molecule has 0 amide bonds. The Hall–Kier alpha value is -1.77. The average Bonchev–Trinajstić information content (AvgIpc) is 2.96. The largest absolute Gasteiger partial charge is 0.337 e. The van der Waals surface area contributed by atoms with Gasteiger partial charge in [0, 0.05) is 32.7 Å². The van der Waals surface area contributed by atoms with E-state index in [9.17, 15) is 9.59 Å². The highest BCUT2D eigenvalue weighted by molar-refractivity contribution is 5.85. The number of hydrogen-bond acceptors (Lipinski definition) is 6. The molecular weight excluding hydrogens is 368 g/mol. The van der Waals surface area contributed by atoms with E-state index in [0.717, 1.165) is 30.3 Å². The zero-order chi connectivity index (χ0) is 19.0. The van der Waals surface area contributed by atoms with Crippen molar-refractivity contribution >= 4 is 23.9 Å². The van der Waals surface area contributed by atoms with Crippen molar-refractivity contribution in [2.45, 2.75) is 57.9 Å². The molecule has 1 aromatic heterocycles. The van der Waals surface area contributed by atoms with E-state index >= 15 is 0 Å². The maximum atomic E-state index is 12.8. The molecule has 1 saturated carbocycles. The number of hydrogen-bond donors (Lipinski definition) is 3. The van der Waals surface area contributed by atoms with Crippen LogP contribution in [0.15, 0.2) is 21.2 Å². The molecule has 152 valence electrons. The molecule has 1 aromatic rings. The summed E-state index contributed by atoms with van der Waals surface area (Å²) in [4.78, 5) is 27.1. The molecule has 2 aliphatic rings. The first-order chi connectivity index (χ1) is 12.3. The van der Waals surface area contributed by atoms with Crippen molar-refractivity contribution < 1.29 is 0 Å². The molecule has 1 fully saturated rings. The quantitative estimate of drug-likeness (QED) is 0.650. The first-order valence-corrected chi connectivity index (χ1v) is 9.29. The van der Waals surface area contributed by atoms with E-state index in [-0.39, 0.29) is 42.0 Å². The van der Waals surface area contributed by atoms with E-state index in [0.29, 0.717) is 18.1 Å². The number of nitrogens with one attached hydrogen (secondary N) is 2. The van der Waals surface area contributed by atoms with E-state index in [1.807, 2.05) is 18.7 Å². The Labute approximate surface area is 165 Å². The fourth-order valence-corrected chi connectivity index (χ4v) is 3.77. The molecule has 3 rings (SSSR count). The lowest BCUT2D eigenvalue weighted by Crippen LogP contribution is -2.57. The SMILES string of the molecule is CC(C)=CCN1c2c(n(C)c(=O)n(C)c2=O)NC1N[C@H]1CCCC[C@H]1N.Cl. The van der Waals surface area contributed by atoms with Gasteiger partial charge in [-0.3, -0.25) is 19.2 Å². The van der Waals surface area contributed by atoms with Crippen LogP contribution in [0.1, 0.15) is 39.5 Å². The molecule has 4 N–H and O–H groups in total. The van der Waals surface area contributed by atoms with Crippen LogP contribution in [0.4, 0.5) is 11.5 Å². The van der Waals surface area contributed by atoms with Gasteiger partial charge in [-0.25, -0.2) is 4.79 Å². The molecule has 3 atom stereocenters. The topological polar surface area (TPSA) is 97.3 Å². The summed E-state index contributed by atoms with van der Waals surface area (Å²) in [6, 6.07) is 0.289. The van der Waals surface area contributed by atoms with Gasteiger partial charge in [-0.05, 0) is 26.7 Å². The highest BCUT2D eigenvalue weighted by Gasteiger charge is 2.36. The first-order valence-electron chi connectivity index (χ1n) is 9.29. The lowest BCUT2D eigenvalue weighted by Gasteiger charge is -2.35. The predicted molar refractivity (Wildman–Crippen MR) is 112 cm³/mol. The Bertz CT molecular complexity index is 826. The Morgan fingerprint density at radius 2 is 1.89 bits per heavy atom. The van der Waals surface area contributed by atoms with Gasteiger partial charge in [0.05, 0.1) is 0 Å². The number of anilines is 2. The third-order valence-corrected chi connectivity index (χ3v) is 5.40. The number of allylic oxidation sites excluding steroid dienone is 1. The molecule has 9 heteroatoms. The molecule has 1 aliphatic heterocycles. The number of nitrogens with zero attached hydrogens (tertiary/aromatic N) is 3. The van der Waals surface area contributed by atoms with Gasteiger partial charge in [0.15, 0.2) is 6.29 Å². The molecule has 0 saturated heterocycles. The van der Waals surface area contributed by atoms with Crippen molar-refractivity contribution in [3.05, 3.63) is 32.5 Å². The summed E-state index contributed by atoms with van der Waals surface area (Å²) in [5, 5.41) is 6.91. The Balaban J connectivity index is 0.00000261. The maximum absolute atomic E-state index is 12.8. The summed E-state index contributed by atoms with van der Waals surface area (Å²) in [7, 11) is 3.20. The lowest BCUT2D eigenvalue weighted by molar-refractivity contribution is 0.307. The molecule has 0 aromatic carbocycles. The summed E-state index contributed by atoms with van der Waals surface area (Å²) in [6.45, 7) is 4.64. The average molecular weight is 399 g/mol. The smallest absolute Gasteiger partial charge is 0.332 e. The van der Waals surface area contributed by atoms with E-state index in [2.05, 4.69) is 16.7 Å². The first kappa shape index (κ1) is 21.5. The zero-order valence-corrected chi connectivity index (χ0v) is 17.3. The molecule has 27 heavy (non-hydrogen) atoms. The van der Waals surface area contributed by atoms with E-state index < -0.39 is 0 Å². The highest BCUT2D eigenvalue weighted by atomic mass is 35.5. The summed E-state index contributed by atoms with van der Waals surface area (Å²) < 4.78 is 2.65. The molecule has 0 bridgehead atoms. The standard InChI is InChI=1S/C18H30N6O2.ClH/c1-11(2)9-10-24-14-15(22(3)18(26)23(4)16(14)25)21-17(24)20-13-8-6-5-7-12(13)19;/h9,12-13,17,20-21H,5-8,10,19H2,1-4H3;1H/t12-,13+,17?;/m1./s1. The molecule has 2 heterocycles. The van der Waals surface area contributed by atoms with Gasteiger partial charge in [-0.1, -0.05) is 24.5 Å². The van der Waals surface area contributed by atoms with Crippen LogP contribution in [0.2, 0.25) is 0 Å². The molecular formula is C18H31ClN6O2. The Morgan fingerprint density at radius 1 is 1.22 bits per heavy atom. The normalized spacial score (nSPS) is 24.0. The Morgan fingerprint density at radius 3 is 2.52 bits per heavy atom. The van der Waals surface area contributed by atoms with Crippen LogP contribution in [0.25, 0.3) is 0 Å². The minimum absolute atomic E-state index is 0. The zero-order valence-electron chi connectivity index (χ0n) is 16.5. The minimum atomic E-state index is -0.335. The van der Waals surface area contributed by atoms with Crippen LogP contribution < -0.4 is 32.5 Å². The second kappa shape index (κ2) is 8.50. The predicted octanol–water partition coefficient (Wildman–Crippen LogP) is 0.847. The number of aromatic nitrogens is 2. The van der Waals surface area contributed by atoms with Crippen molar-refractivity contribution in [2.75, 3.05) is 16.8 Å². The summed E-state index contributed by atoms with van der Waals surface area (Å²) >= 11 is 0. The van der Waals surface area contributed by atoms with Gasteiger partial charge < -0.3 is 16.0 Å². The third kappa shape index (κ3) is 4.07. The van der Waals surface area contributed by atoms with E-state index in [4.69, 9.17) is 5.73 Å².